The average molecular weight is 298 g/mol. The Balaban J connectivity index is 2.85. The van der Waals surface area contributed by atoms with Crippen LogP contribution in [0.25, 0.3) is 0 Å². The van der Waals surface area contributed by atoms with E-state index < -0.39 is 10.0 Å². The zero-order chi connectivity index (χ0) is 15.0. The molecule has 0 spiro atoms. The summed E-state index contributed by atoms with van der Waals surface area (Å²) in [4.78, 5) is 0. The maximum atomic E-state index is 12.4. The van der Waals surface area contributed by atoms with Gasteiger partial charge >= 0.3 is 0 Å². The maximum Gasteiger partial charge on any atom is 0.277 e. The normalized spacial score (nSPS) is 11.7. The van der Waals surface area contributed by atoms with E-state index in [1.807, 2.05) is 0 Å². The minimum Gasteiger partial charge on any atom is -0.447 e. The molecule has 0 aromatic carbocycles. The molecular formula is C14H22N2O3S. The molecule has 0 radical (unpaired) electrons. The van der Waals surface area contributed by atoms with Gasteiger partial charge in [0.15, 0.2) is 0 Å². The van der Waals surface area contributed by atoms with E-state index in [0.717, 1.165) is 13.0 Å². The van der Waals surface area contributed by atoms with Crippen LogP contribution < -0.4 is 5.32 Å². The number of furan rings is 1. The van der Waals surface area contributed by atoms with Gasteiger partial charge in [-0.2, -0.15) is 4.31 Å². The van der Waals surface area contributed by atoms with Crippen molar-refractivity contribution in [1.82, 2.24) is 9.62 Å². The van der Waals surface area contributed by atoms with Crippen molar-refractivity contribution in [1.29, 1.82) is 0 Å². The fraction of sp³-hybridized carbons (Fsp3) is 0.429. The predicted molar refractivity (Wildman–Crippen MR) is 79.9 cm³/mol. The van der Waals surface area contributed by atoms with Crippen molar-refractivity contribution in [3.8, 4) is 0 Å². The zero-order valence-corrected chi connectivity index (χ0v) is 12.7. The molecule has 0 fully saturated rings. The smallest absolute Gasteiger partial charge is 0.277 e. The second-order valence-corrected chi connectivity index (χ2v) is 6.17. The molecule has 0 aliphatic rings. The molecule has 0 amide bonds. The van der Waals surface area contributed by atoms with Gasteiger partial charge in [0, 0.05) is 13.1 Å². The molecule has 0 aliphatic carbocycles. The molecule has 1 aromatic rings. The Hall–Kier alpha value is -1.37. The van der Waals surface area contributed by atoms with Crippen LogP contribution in [0.4, 0.5) is 0 Å². The van der Waals surface area contributed by atoms with Crippen molar-refractivity contribution in [3.63, 3.8) is 0 Å². The van der Waals surface area contributed by atoms with Crippen LogP contribution in [-0.4, -0.2) is 32.4 Å². The summed E-state index contributed by atoms with van der Waals surface area (Å²) >= 11 is 0. The highest BCUT2D eigenvalue weighted by Gasteiger charge is 2.25. The molecule has 1 heterocycles. The van der Waals surface area contributed by atoms with E-state index in [1.165, 1.54) is 22.5 Å². The lowest BCUT2D eigenvalue weighted by Crippen LogP contribution is -2.31. The van der Waals surface area contributed by atoms with Crippen molar-refractivity contribution < 1.29 is 12.8 Å². The largest absolute Gasteiger partial charge is 0.447 e. The van der Waals surface area contributed by atoms with E-state index in [-0.39, 0.29) is 18.2 Å². The molecule has 0 aliphatic heterocycles. The first-order valence-corrected chi connectivity index (χ1v) is 8.01. The van der Waals surface area contributed by atoms with Gasteiger partial charge in [-0.3, -0.25) is 0 Å². The summed E-state index contributed by atoms with van der Waals surface area (Å²) in [6.45, 7) is 11.0. The summed E-state index contributed by atoms with van der Waals surface area (Å²) in [6, 6.07) is 3.16. The Morgan fingerprint density at radius 1 is 1.30 bits per heavy atom. The Kier molecular flexibility index (Phi) is 6.70. The molecule has 0 unspecified atom stereocenters. The molecule has 112 valence electrons. The highest BCUT2D eigenvalue weighted by Crippen LogP contribution is 2.18. The number of hydrogen-bond donors (Lipinski definition) is 1. The third kappa shape index (κ3) is 4.33. The van der Waals surface area contributed by atoms with Crippen LogP contribution in [0, 0.1) is 0 Å². The fourth-order valence-corrected chi connectivity index (χ4v) is 2.98. The van der Waals surface area contributed by atoms with E-state index >= 15 is 0 Å². The number of sulfonamides is 1. The minimum absolute atomic E-state index is 0.0468. The standard InChI is InChI=1S/C14H22N2O3S/c1-4-9-15-12-13-7-8-14(19-13)20(17,18)16(10-5-2)11-6-3/h5-8,15H,2-4,9-12H2,1H3. The molecule has 6 heteroatoms. The van der Waals surface area contributed by atoms with Crippen molar-refractivity contribution in [2.24, 2.45) is 0 Å². The fourth-order valence-electron chi connectivity index (χ4n) is 1.67. The molecule has 5 nitrogen and oxygen atoms in total. The zero-order valence-electron chi connectivity index (χ0n) is 11.8. The number of hydrogen-bond acceptors (Lipinski definition) is 4. The first-order valence-electron chi connectivity index (χ1n) is 6.57. The van der Waals surface area contributed by atoms with Crippen LogP contribution in [0.5, 0.6) is 0 Å². The van der Waals surface area contributed by atoms with E-state index in [9.17, 15) is 8.42 Å². The Morgan fingerprint density at radius 3 is 2.50 bits per heavy atom. The Labute approximate surface area is 121 Å². The Morgan fingerprint density at radius 2 is 1.95 bits per heavy atom. The van der Waals surface area contributed by atoms with Crippen LogP contribution in [0.2, 0.25) is 0 Å². The molecule has 1 aromatic heterocycles. The van der Waals surface area contributed by atoms with Crippen LogP contribution in [0.3, 0.4) is 0 Å². The number of nitrogens with one attached hydrogen (secondary N) is 1. The lowest BCUT2D eigenvalue weighted by atomic mass is 10.4. The van der Waals surface area contributed by atoms with Gasteiger partial charge in [-0.1, -0.05) is 19.1 Å². The van der Waals surface area contributed by atoms with Gasteiger partial charge in [0.1, 0.15) is 5.76 Å². The van der Waals surface area contributed by atoms with Gasteiger partial charge in [0.2, 0.25) is 5.09 Å². The van der Waals surface area contributed by atoms with Crippen LogP contribution in [0.15, 0.2) is 47.0 Å². The molecular weight excluding hydrogens is 276 g/mol. The first-order chi connectivity index (χ1) is 9.56. The topological polar surface area (TPSA) is 62.6 Å². The van der Waals surface area contributed by atoms with Crippen LogP contribution in [0.1, 0.15) is 19.1 Å². The summed E-state index contributed by atoms with van der Waals surface area (Å²) in [5, 5.41) is 3.11. The first kappa shape index (κ1) is 16.7. The van der Waals surface area contributed by atoms with Gasteiger partial charge in [-0.15, -0.1) is 13.2 Å². The third-order valence-corrected chi connectivity index (χ3v) is 4.33. The average Bonchev–Trinajstić information content (AvgIpc) is 2.88. The molecule has 0 bridgehead atoms. The van der Waals surface area contributed by atoms with Gasteiger partial charge < -0.3 is 9.73 Å². The number of nitrogens with zero attached hydrogens (tertiary/aromatic N) is 1. The highest BCUT2D eigenvalue weighted by atomic mass is 32.2. The SMILES string of the molecule is C=CCN(CC=C)S(=O)(=O)c1ccc(CNCCC)o1. The van der Waals surface area contributed by atoms with Gasteiger partial charge in [-0.05, 0) is 25.1 Å². The monoisotopic (exact) mass is 298 g/mol. The molecule has 1 N–H and O–H groups in total. The van der Waals surface area contributed by atoms with Gasteiger partial charge in [0.25, 0.3) is 10.0 Å². The second kappa shape index (κ2) is 8.04. The van der Waals surface area contributed by atoms with E-state index in [4.69, 9.17) is 4.42 Å². The van der Waals surface area contributed by atoms with E-state index in [1.54, 1.807) is 6.07 Å². The Bertz CT molecular complexity index is 524. The summed E-state index contributed by atoms with van der Waals surface area (Å²) in [5.74, 6) is 0.606. The van der Waals surface area contributed by atoms with Crippen LogP contribution >= 0.6 is 0 Å². The molecule has 0 atom stereocenters. The highest BCUT2D eigenvalue weighted by molar-refractivity contribution is 7.89. The molecule has 20 heavy (non-hydrogen) atoms. The van der Waals surface area contributed by atoms with Crippen molar-refractivity contribution in [2.45, 2.75) is 25.0 Å². The maximum absolute atomic E-state index is 12.4. The second-order valence-electron chi connectivity index (χ2n) is 4.30. The van der Waals surface area contributed by atoms with Crippen molar-refractivity contribution >= 4 is 10.0 Å². The quantitative estimate of drug-likeness (QED) is 0.531. The third-order valence-electron chi connectivity index (χ3n) is 2.62. The van der Waals surface area contributed by atoms with Crippen molar-refractivity contribution in [2.75, 3.05) is 19.6 Å². The molecule has 0 saturated heterocycles. The summed E-state index contributed by atoms with van der Waals surface area (Å²) in [6.07, 6.45) is 4.08. The van der Waals surface area contributed by atoms with E-state index in [2.05, 4.69) is 25.4 Å². The lowest BCUT2D eigenvalue weighted by molar-refractivity contribution is 0.381. The summed E-state index contributed by atoms with van der Waals surface area (Å²) in [5.41, 5.74) is 0. The predicted octanol–water partition coefficient (Wildman–Crippen LogP) is 2.14. The van der Waals surface area contributed by atoms with E-state index in [0.29, 0.717) is 12.3 Å². The number of rotatable bonds is 10. The van der Waals surface area contributed by atoms with Crippen LogP contribution in [-0.2, 0) is 16.6 Å². The van der Waals surface area contributed by atoms with Gasteiger partial charge in [-0.25, -0.2) is 8.42 Å². The molecule has 1 rings (SSSR count). The summed E-state index contributed by atoms with van der Waals surface area (Å²) in [7, 11) is -3.64. The van der Waals surface area contributed by atoms with Gasteiger partial charge in [0.05, 0.1) is 6.54 Å². The van der Waals surface area contributed by atoms with Crippen molar-refractivity contribution in [3.05, 3.63) is 43.2 Å². The molecule has 0 saturated carbocycles. The minimum atomic E-state index is -3.64. The summed E-state index contributed by atoms with van der Waals surface area (Å²) < 4.78 is 31.4. The lowest BCUT2D eigenvalue weighted by Gasteiger charge is -2.16.